The van der Waals surface area contributed by atoms with E-state index < -0.39 is 11.7 Å². The van der Waals surface area contributed by atoms with Crippen LogP contribution in [0.15, 0.2) is 57.9 Å². The van der Waals surface area contributed by atoms with Gasteiger partial charge in [0.2, 0.25) is 11.9 Å². The van der Waals surface area contributed by atoms with Gasteiger partial charge in [-0.3, -0.25) is 9.78 Å². The molecule has 0 spiro atoms. The number of aromatic nitrogens is 3. The molecule has 2 aromatic heterocycles. The second kappa shape index (κ2) is 6.88. The van der Waals surface area contributed by atoms with Crippen LogP contribution in [0.2, 0.25) is 0 Å². The number of aromatic amines is 1. The number of nitrogens with one attached hydrogen (secondary N) is 3. The number of carbonyl (C=O) groups excluding carboxylic acids is 1. The molecule has 2 heterocycles. The molecule has 0 aliphatic carbocycles. The number of nitrogens with two attached hydrogens (primary N) is 1. The van der Waals surface area contributed by atoms with Crippen molar-refractivity contribution in [3.8, 4) is 0 Å². The molecular formula is C19H16N6O3. The fraction of sp³-hybridized carbons (Fsp3) is 0.0526. The lowest BCUT2D eigenvalue weighted by Crippen LogP contribution is -2.10. The van der Waals surface area contributed by atoms with Crippen LogP contribution in [0.4, 0.5) is 23.1 Å². The van der Waals surface area contributed by atoms with Crippen LogP contribution in [-0.4, -0.2) is 20.9 Å². The number of oxazole rings is 1. The van der Waals surface area contributed by atoms with E-state index >= 15 is 0 Å². The summed E-state index contributed by atoms with van der Waals surface area (Å²) in [6.07, 6.45) is 1.69. The number of fused-ring (bicyclic) bond motifs is 1. The molecule has 5 N–H and O–H groups in total. The van der Waals surface area contributed by atoms with Crippen LogP contribution in [0.25, 0.3) is 11.1 Å². The number of anilines is 4. The minimum atomic E-state index is -0.501. The van der Waals surface area contributed by atoms with E-state index in [1.54, 1.807) is 48.7 Å². The zero-order chi connectivity index (χ0) is 19.7. The van der Waals surface area contributed by atoms with E-state index in [0.29, 0.717) is 28.4 Å². The van der Waals surface area contributed by atoms with Gasteiger partial charge in [0.15, 0.2) is 5.58 Å². The predicted molar refractivity (Wildman–Crippen MR) is 105 cm³/mol. The molecule has 9 nitrogen and oxygen atoms in total. The molecule has 0 unspecified atom stereocenters. The molecule has 2 aromatic carbocycles. The number of primary amides is 1. The summed E-state index contributed by atoms with van der Waals surface area (Å²) in [7, 11) is 0. The zero-order valence-electron chi connectivity index (χ0n) is 14.8. The second-order valence-electron chi connectivity index (χ2n) is 6.14. The fourth-order valence-electron chi connectivity index (χ4n) is 2.64. The normalized spacial score (nSPS) is 10.8. The van der Waals surface area contributed by atoms with Gasteiger partial charge in [-0.2, -0.15) is 4.98 Å². The fourth-order valence-corrected chi connectivity index (χ4v) is 2.64. The monoisotopic (exact) mass is 376 g/mol. The molecule has 4 aromatic rings. The van der Waals surface area contributed by atoms with Gasteiger partial charge in [-0.15, -0.1) is 0 Å². The molecule has 0 aliphatic rings. The van der Waals surface area contributed by atoms with Gasteiger partial charge in [0.25, 0.3) is 0 Å². The topological polar surface area (TPSA) is 139 Å². The van der Waals surface area contributed by atoms with E-state index in [2.05, 4.69) is 25.6 Å². The summed E-state index contributed by atoms with van der Waals surface area (Å²) in [5.41, 5.74) is 9.04. The van der Waals surface area contributed by atoms with Crippen molar-refractivity contribution in [1.82, 2.24) is 15.0 Å². The van der Waals surface area contributed by atoms with Gasteiger partial charge in [-0.1, -0.05) is 0 Å². The average molecular weight is 376 g/mol. The third kappa shape index (κ3) is 3.54. The number of hydrogen-bond acceptors (Lipinski definition) is 7. The number of hydrogen-bond donors (Lipinski definition) is 4. The number of benzene rings is 2. The number of carbonyl (C=O) groups is 1. The lowest BCUT2D eigenvalue weighted by Gasteiger charge is -2.11. The van der Waals surface area contributed by atoms with E-state index in [1.165, 1.54) is 0 Å². The Morgan fingerprint density at radius 2 is 1.86 bits per heavy atom. The van der Waals surface area contributed by atoms with Crippen LogP contribution in [0.1, 0.15) is 15.9 Å². The van der Waals surface area contributed by atoms with Crippen LogP contribution in [0, 0.1) is 6.92 Å². The van der Waals surface area contributed by atoms with Crippen molar-refractivity contribution in [3.63, 3.8) is 0 Å². The number of amides is 1. The molecule has 0 atom stereocenters. The van der Waals surface area contributed by atoms with E-state index in [0.717, 1.165) is 16.9 Å². The number of H-pyrrole nitrogens is 1. The first-order valence-electron chi connectivity index (χ1n) is 8.38. The van der Waals surface area contributed by atoms with Crippen molar-refractivity contribution in [2.24, 2.45) is 5.73 Å². The number of nitrogens with zero attached hydrogens (tertiary/aromatic N) is 2. The van der Waals surface area contributed by atoms with Gasteiger partial charge in [-0.25, -0.2) is 9.78 Å². The predicted octanol–water partition coefficient (Wildman–Crippen LogP) is 2.81. The third-order valence-electron chi connectivity index (χ3n) is 4.08. The van der Waals surface area contributed by atoms with Crippen molar-refractivity contribution in [1.29, 1.82) is 0 Å². The molecule has 4 rings (SSSR count). The first-order valence-corrected chi connectivity index (χ1v) is 8.38. The molecule has 140 valence electrons. The van der Waals surface area contributed by atoms with Crippen LogP contribution in [0.3, 0.4) is 0 Å². The summed E-state index contributed by atoms with van der Waals surface area (Å²) in [5.74, 6) is 0.00827. The summed E-state index contributed by atoms with van der Waals surface area (Å²) < 4.78 is 5.00. The van der Waals surface area contributed by atoms with Gasteiger partial charge in [0, 0.05) is 28.7 Å². The lowest BCUT2D eigenvalue weighted by atomic mass is 10.2. The highest BCUT2D eigenvalue weighted by molar-refractivity contribution is 5.93. The van der Waals surface area contributed by atoms with Crippen molar-refractivity contribution >= 4 is 40.1 Å². The first kappa shape index (κ1) is 17.3. The maximum Gasteiger partial charge on any atom is 0.417 e. The molecule has 0 saturated heterocycles. The van der Waals surface area contributed by atoms with Gasteiger partial charge in [0.1, 0.15) is 5.82 Å². The maximum absolute atomic E-state index is 11.3. The SMILES string of the molecule is Cc1cnc(Nc2ccc(C(N)=O)cc2)nc1Nc1ccc2oc(=O)[nH]c2c1. The number of rotatable bonds is 5. The van der Waals surface area contributed by atoms with Gasteiger partial charge < -0.3 is 20.8 Å². The number of aryl methyl sites for hydroxylation is 1. The molecule has 0 fully saturated rings. The summed E-state index contributed by atoms with van der Waals surface area (Å²) >= 11 is 0. The van der Waals surface area contributed by atoms with E-state index in [1.807, 2.05) is 6.92 Å². The van der Waals surface area contributed by atoms with E-state index in [9.17, 15) is 9.59 Å². The second-order valence-corrected chi connectivity index (χ2v) is 6.14. The zero-order valence-corrected chi connectivity index (χ0v) is 14.8. The summed E-state index contributed by atoms with van der Waals surface area (Å²) in [5, 5.41) is 6.29. The average Bonchev–Trinajstić information content (AvgIpc) is 3.04. The van der Waals surface area contributed by atoms with Crippen molar-refractivity contribution in [3.05, 3.63) is 70.3 Å². The van der Waals surface area contributed by atoms with E-state index in [-0.39, 0.29) is 0 Å². The Morgan fingerprint density at radius 3 is 2.61 bits per heavy atom. The highest BCUT2D eigenvalue weighted by Crippen LogP contribution is 2.23. The van der Waals surface area contributed by atoms with Crippen LogP contribution in [0.5, 0.6) is 0 Å². The standard InChI is InChI=1S/C19H16N6O3/c1-10-9-21-18(23-12-4-2-11(3-5-12)16(20)26)25-17(10)22-13-6-7-15-14(8-13)24-19(27)28-15/h2-9H,1H3,(H2,20,26)(H,24,27)(H2,21,22,23,25). The van der Waals surface area contributed by atoms with Crippen LogP contribution in [-0.2, 0) is 0 Å². The Balaban J connectivity index is 1.57. The van der Waals surface area contributed by atoms with E-state index in [4.69, 9.17) is 10.2 Å². The van der Waals surface area contributed by atoms with Crippen molar-refractivity contribution < 1.29 is 9.21 Å². The Labute approximate surface area is 158 Å². The quantitative estimate of drug-likeness (QED) is 0.420. The molecule has 28 heavy (non-hydrogen) atoms. The Kier molecular flexibility index (Phi) is 4.24. The Hall–Kier alpha value is -4.14. The molecular weight excluding hydrogens is 360 g/mol. The smallest absolute Gasteiger partial charge is 0.408 e. The van der Waals surface area contributed by atoms with Crippen LogP contribution < -0.4 is 22.1 Å². The molecule has 0 bridgehead atoms. The molecule has 9 heteroatoms. The lowest BCUT2D eigenvalue weighted by molar-refractivity contribution is 0.100. The van der Waals surface area contributed by atoms with Crippen molar-refractivity contribution in [2.75, 3.05) is 10.6 Å². The Bertz CT molecular complexity index is 1230. The molecule has 0 saturated carbocycles. The highest BCUT2D eigenvalue weighted by atomic mass is 16.4. The van der Waals surface area contributed by atoms with Crippen molar-refractivity contribution in [2.45, 2.75) is 6.92 Å². The first-order chi connectivity index (χ1) is 13.5. The summed E-state index contributed by atoms with van der Waals surface area (Å²) in [4.78, 5) is 33.8. The van der Waals surface area contributed by atoms with Crippen LogP contribution >= 0.6 is 0 Å². The summed E-state index contributed by atoms with van der Waals surface area (Å²) in [6, 6.07) is 11.9. The van der Waals surface area contributed by atoms with Gasteiger partial charge in [0.05, 0.1) is 5.52 Å². The third-order valence-corrected chi connectivity index (χ3v) is 4.08. The maximum atomic E-state index is 11.3. The molecule has 0 radical (unpaired) electrons. The minimum Gasteiger partial charge on any atom is -0.408 e. The Morgan fingerprint density at radius 1 is 1.11 bits per heavy atom. The summed E-state index contributed by atoms with van der Waals surface area (Å²) in [6.45, 7) is 1.88. The van der Waals surface area contributed by atoms with Gasteiger partial charge >= 0.3 is 5.76 Å². The minimum absolute atomic E-state index is 0.387. The highest BCUT2D eigenvalue weighted by Gasteiger charge is 2.08. The largest absolute Gasteiger partial charge is 0.417 e. The molecule has 0 aliphatic heterocycles. The van der Waals surface area contributed by atoms with Gasteiger partial charge in [-0.05, 0) is 49.4 Å². The molecule has 1 amide bonds.